The van der Waals surface area contributed by atoms with E-state index in [0.717, 1.165) is 9.21 Å². The fourth-order valence-electron chi connectivity index (χ4n) is 2.44. The van der Waals surface area contributed by atoms with E-state index < -0.39 is 21.8 Å². The summed E-state index contributed by atoms with van der Waals surface area (Å²) in [6.07, 6.45) is 0. The lowest BCUT2D eigenvalue weighted by molar-refractivity contribution is 0.0926. The number of hydrogen-bond acceptors (Lipinski definition) is 4. The van der Waals surface area contributed by atoms with Crippen LogP contribution in [0.15, 0.2) is 47.4 Å². The molecule has 1 heterocycles. The van der Waals surface area contributed by atoms with E-state index in [4.69, 9.17) is 11.6 Å². The number of halogens is 1. The first-order valence-corrected chi connectivity index (χ1v) is 8.77. The first kappa shape index (κ1) is 16.6. The average molecular weight is 365 g/mol. The van der Waals surface area contributed by atoms with Crippen LogP contribution in [0.5, 0.6) is 0 Å². The monoisotopic (exact) mass is 364 g/mol. The third kappa shape index (κ3) is 2.41. The maximum atomic E-state index is 12.5. The van der Waals surface area contributed by atoms with Crippen molar-refractivity contribution in [2.75, 3.05) is 19.0 Å². The van der Waals surface area contributed by atoms with Gasteiger partial charge >= 0.3 is 0 Å². The summed E-state index contributed by atoms with van der Waals surface area (Å²) >= 11 is 6.12. The summed E-state index contributed by atoms with van der Waals surface area (Å²) in [5.74, 6) is -1.06. The van der Waals surface area contributed by atoms with Crippen LogP contribution in [0.3, 0.4) is 0 Å². The highest BCUT2D eigenvalue weighted by molar-refractivity contribution is 7.89. The summed E-state index contributed by atoms with van der Waals surface area (Å²) in [4.78, 5) is 25.9. The summed E-state index contributed by atoms with van der Waals surface area (Å²) in [6.45, 7) is 0. The van der Waals surface area contributed by atoms with Gasteiger partial charge in [-0.1, -0.05) is 23.7 Å². The van der Waals surface area contributed by atoms with Gasteiger partial charge in [-0.2, -0.15) is 0 Å². The maximum absolute atomic E-state index is 12.5. The predicted octanol–water partition coefficient (Wildman–Crippen LogP) is 2.39. The Bertz CT molecular complexity index is 935. The van der Waals surface area contributed by atoms with Crippen molar-refractivity contribution in [3.05, 3.63) is 58.6 Å². The zero-order valence-corrected chi connectivity index (χ0v) is 14.4. The van der Waals surface area contributed by atoms with Crippen molar-refractivity contribution >= 4 is 39.1 Å². The number of carbonyl (C=O) groups excluding carboxylic acids is 2. The fraction of sp³-hybridized carbons (Fsp3) is 0.125. The topological polar surface area (TPSA) is 74.8 Å². The van der Waals surface area contributed by atoms with Gasteiger partial charge in [-0.15, -0.1) is 0 Å². The maximum Gasteiger partial charge on any atom is 0.266 e. The van der Waals surface area contributed by atoms with Gasteiger partial charge in [0.15, 0.2) is 0 Å². The van der Waals surface area contributed by atoms with Crippen molar-refractivity contribution in [2.45, 2.75) is 4.90 Å². The second-order valence-electron chi connectivity index (χ2n) is 5.39. The van der Waals surface area contributed by atoms with Crippen molar-refractivity contribution in [3.63, 3.8) is 0 Å². The summed E-state index contributed by atoms with van der Waals surface area (Å²) in [5.41, 5.74) is 0.574. The molecule has 24 heavy (non-hydrogen) atoms. The van der Waals surface area contributed by atoms with E-state index in [9.17, 15) is 18.0 Å². The number of hydrogen-bond donors (Lipinski definition) is 0. The van der Waals surface area contributed by atoms with E-state index in [0.29, 0.717) is 0 Å². The van der Waals surface area contributed by atoms with E-state index in [1.54, 1.807) is 24.3 Å². The summed E-state index contributed by atoms with van der Waals surface area (Å²) in [6, 6.07) is 10.3. The predicted molar refractivity (Wildman–Crippen MR) is 89.9 cm³/mol. The lowest BCUT2D eigenvalue weighted by Gasteiger charge is -2.18. The van der Waals surface area contributed by atoms with Gasteiger partial charge in [0.2, 0.25) is 10.0 Å². The molecule has 0 atom stereocenters. The molecule has 0 unspecified atom stereocenters. The third-order valence-electron chi connectivity index (χ3n) is 3.73. The number of imide groups is 1. The Hall–Kier alpha value is -2.22. The molecule has 0 spiro atoms. The first-order valence-electron chi connectivity index (χ1n) is 6.95. The van der Waals surface area contributed by atoms with Gasteiger partial charge in [0, 0.05) is 14.1 Å². The first-order chi connectivity index (χ1) is 11.2. The van der Waals surface area contributed by atoms with Crippen molar-refractivity contribution in [2.24, 2.45) is 0 Å². The molecule has 3 rings (SSSR count). The molecule has 0 radical (unpaired) electrons. The van der Waals surface area contributed by atoms with Crippen LogP contribution in [-0.2, 0) is 10.0 Å². The normalized spacial score (nSPS) is 14.4. The molecule has 0 aliphatic carbocycles. The Balaban J connectivity index is 2.15. The van der Waals surface area contributed by atoms with E-state index in [-0.39, 0.29) is 26.7 Å². The second kappa shape index (κ2) is 5.70. The van der Waals surface area contributed by atoms with Gasteiger partial charge in [-0.3, -0.25) is 9.59 Å². The minimum absolute atomic E-state index is 0.0470. The smallest absolute Gasteiger partial charge is 0.266 e. The summed E-state index contributed by atoms with van der Waals surface area (Å²) in [5, 5.41) is 0.113. The van der Waals surface area contributed by atoms with Crippen LogP contribution in [0.25, 0.3) is 0 Å². The molecule has 0 aromatic heterocycles. The number of sulfonamides is 1. The van der Waals surface area contributed by atoms with Gasteiger partial charge in [-0.05, 0) is 30.3 Å². The molecule has 2 aromatic rings. The molecule has 1 aliphatic heterocycles. The molecular weight excluding hydrogens is 352 g/mol. The van der Waals surface area contributed by atoms with Crippen molar-refractivity contribution < 1.29 is 18.0 Å². The van der Waals surface area contributed by atoms with E-state index >= 15 is 0 Å². The molecule has 0 fully saturated rings. The molecule has 0 saturated carbocycles. The Morgan fingerprint density at radius 3 is 2.00 bits per heavy atom. The Morgan fingerprint density at radius 2 is 1.50 bits per heavy atom. The van der Waals surface area contributed by atoms with Crippen LogP contribution < -0.4 is 4.90 Å². The summed E-state index contributed by atoms with van der Waals surface area (Å²) in [7, 11) is -0.934. The van der Waals surface area contributed by atoms with Crippen molar-refractivity contribution in [1.29, 1.82) is 0 Å². The molecule has 2 aromatic carbocycles. The lowest BCUT2D eigenvalue weighted by atomic mass is 10.1. The molecule has 1 aliphatic rings. The number of anilines is 1. The minimum atomic E-state index is -3.72. The van der Waals surface area contributed by atoms with Crippen LogP contribution in [0.1, 0.15) is 20.7 Å². The summed E-state index contributed by atoms with van der Waals surface area (Å²) < 4.78 is 25.6. The SMILES string of the molecule is CN(C)S(=O)(=O)c1ccc(Cl)c(N2C(=O)c3ccccc3C2=O)c1. The third-order valence-corrected chi connectivity index (χ3v) is 5.86. The van der Waals surface area contributed by atoms with Crippen molar-refractivity contribution in [1.82, 2.24) is 4.31 Å². The number of fused-ring (bicyclic) bond motifs is 1. The Kier molecular flexibility index (Phi) is 3.95. The molecule has 6 nitrogen and oxygen atoms in total. The molecule has 8 heteroatoms. The highest BCUT2D eigenvalue weighted by Gasteiger charge is 2.37. The van der Waals surface area contributed by atoms with Crippen LogP contribution in [-0.4, -0.2) is 38.6 Å². The molecule has 0 bridgehead atoms. The molecule has 124 valence electrons. The lowest BCUT2D eigenvalue weighted by Crippen LogP contribution is -2.30. The highest BCUT2D eigenvalue weighted by Crippen LogP contribution is 2.35. The van der Waals surface area contributed by atoms with Crippen LogP contribution in [0.4, 0.5) is 5.69 Å². The molecule has 2 amide bonds. The van der Waals surface area contributed by atoms with Crippen LogP contribution in [0.2, 0.25) is 5.02 Å². The molecule has 0 saturated heterocycles. The number of amides is 2. The van der Waals surface area contributed by atoms with E-state index in [1.807, 2.05) is 0 Å². The van der Waals surface area contributed by atoms with E-state index in [1.165, 1.54) is 32.3 Å². The quantitative estimate of drug-likeness (QED) is 0.784. The number of rotatable bonds is 3. The largest absolute Gasteiger partial charge is 0.268 e. The van der Waals surface area contributed by atoms with Gasteiger partial charge in [0.05, 0.1) is 26.7 Å². The number of benzene rings is 2. The van der Waals surface area contributed by atoms with Crippen molar-refractivity contribution in [3.8, 4) is 0 Å². The number of nitrogens with zero attached hydrogens (tertiary/aromatic N) is 2. The zero-order valence-electron chi connectivity index (χ0n) is 12.9. The van der Waals surface area contributed by atoms with Crippen LogP contribution in [0, 0.1) is 0 Å². The van der Waals surface area contributed by atoms with Gasteiger partial charge in [0.25, 0.3) is 11.8 Å². The standard InChI is InChI=1S/C16H13ClN2O4S/c1-18(2)24(22,23)10-7-8-13(17)14(9-10)19-15(20)11-5-3-4-6-12(11)16(19)21/h3-9H,1-2H3. The average Bonchev–Trinajstić information content (AvgIpc) is 2.80. The van der Waals surface area contributed by atoms with E-state index in [2.05, 4.69) is 0 Å². The molecule has 0 N–H and O–H groups in total. The zero-order chi connectivity index (χ0) is 17.6. The Labute approximate surface area is 144 Å². The minimum Gasteiger partial charge on any atom is -0.268 e. The van der Waals surface area contributed by atoms with Crippen LogP contribution >= 0.6 is 11.6 Å². The van der Waals surface area contributed by atoms with Gasteiger partial charge in [0.1, 0.15) is 0 Å². The second-order valence-corrected chi connectivity index (χ2v) is 7.95. The van der Waals surface area contributed by atoms with Gasteiger partial charge in [-0.25, -0.2) is 17.6 Å². The fourth-order valence-corrected chi connectivity index (χ4v) is 3.57. The Morgan fingerprint density at radius 1 is 0.958 bits per heavy atom. The highest BCUT2D eigenvalue weighted by atomic mass is 35.5. The number of carbonyl (C=O) groups is 2. The van der Waals surface area contributed by atoms with Gasteiger partial charge < -0.3 is 0 Å². The molecular formula is C16H13ClN2O4S.